The maximum atomic E-state index is 7.65. The molecule has 1 rings (SSSR count). The molecule has 0 heterocycles. The summed E-state index contributed by atoms with van der Waals surface area (Å²) in [4.78, 5) is 0. The zero-order valence-corrected chi connectivity index (χ0v) is 10.5. The highest BCUT2D eigenvalue weighted by Gasteiger charge is 2.01. The van der Waals surface area contributed by atoms with Gasteiger partial charge in [-0.25, -0.2) is 0 Å². The van der Waals surface area contributed by atoms with E-state index in [0.717, 1.165) is 18.4 Å². The summed E-state index contributed by atoms with van der Waals surface area (Å²) in [5, 5.41) is 9.01. The zero-order chi connectivity index (χ0) is 11.7. The van der Waals surface area contributed by atoms with E-state index in [4.69, 9.17) is 28.3 Å². The van der Waals surface area contributed by atoms with E-state index in [1.807, 2.05) is 18.2 Å². The number of benzene rings is 1. The molecular weight excluding hydrogens is 235 g/mol. The summed E-state index contributed by atoms with van der Waals surface area (Å²) < 4.78 is 4.10. The molecular formula is C11H16Cl2O2. The lowest BCUT2D eigenvalue weighted by atomic mass is 10.1. The third kappa shape index (κ3) is 6.00. The molecule has 0 radical (unpaired) electrons. The highest BCUT2D eigenvalue weighted by atomic mass is 35.5. The van der Waals surface area contributed by atoms with Gasteiger partial charge in [0.25, 0.3) is 0 Å². The fraction of sp³-hybridized carbons (Fsp3) is 0.455. The molecule has 0 saturated carbocycles. The van der Waals surface area contributed by atoms with Crippen molar-refractivity contribution in [3.8, 4) is 0 Å². The van der Waals surface area contributed by atoms with E-state index >= 15 is 0 Å². The van der Waals surface area contributed by atoms with Gasteiger partial charge >= 0.3 is 0 Å². The smallest absolute Gasteiger partial charge is 0.143 e. The number of ether oxygens (including phenoxy) is 1. The molecule has 0 aromatic heterocycles. The van der Waals surface area contributed by atoms with Crippen molar-refractivity contribution in [1.29, 1.82) is 0 Å². The largest absolute Gasteiger partial charge is 0.371 e. The van der Waals surface area contributed by atoms with Crippen LogP contribution in [0.4, 0.5) is 0 Å². The maximum absolute atomic E-state index is 7.65. The average Bonchev–Trinajstić information content (AvgIpc) is 2.25. The molecule has 4 heteroatoms. The van der Waals surface area contributed by atoms with Crippen LogP contribution in [0.5, 0.6) is 0 Å². The molecule has 0 unspecified atom stereocenters. The minimum Gasteiger partial charge on any atom is -0.371 e. The van der Waals surface area contributed by atoms with Gasteiger partial charge in [0, 0.05) is 7.11 Å². The molecule has 0 bridgehead atoms. The van der Waals surface area contributed by atoms with Crippen LogP contribution < -0.4 is 0 Å². The van der Waals surface area contributed by atoms with Gasteiger partial charge in [-0.3, -0.25) is 0 Å². The Balaban J connectivity index is 0.000000423. The molecule has 0 aliphatic carbocycles. The van der Waals surface area contributed by atoms with Gasteiger partial charge < -0.3 is 9.84 Å². The van der Waals surface area contributed by atoms with Crippen molar-refractivity contribution in [2.45, 2.75) is 19.8 Å². The normalized spacial score (nSPS) is 9.40. The first kappa shape index (κ1) is 14.7. The highest BCUT2D eigenvalue weighted by molar-refractivity contribution is 6.42. The average molecular weight is 251 g/mol. The lowest BCUT2D eigenvalue weighted by molar-refractivity contribution is 0.0325. The molecule has 2 nitrogen and oxygen atoms in total. The lowest BCUT2D eigenvalue weighted by Crippen LogP contribution is -1.84. The number of hydrogen-bond acceptors (Lipinski definition) is 2. The van der Waals surface area contributed by atoms with Gasteiger partial charge in [0.05, 0.1) is 10.0 Å². The van der Waals surface area contributed by atoms with Crippen molar-refractivity contribution >= 4 is 23.2 Å². The van der Waals surface area contributed by atoms with Crippen molar-refractivity contribution in [1.82, 2.24) is 0 Å². The number of methoxy groups -OCH3 is 1. The van der Waals surface area contributed by atoms with Crippen molar-refractivity contribution < 1.29 is 9.84 Å². The van der Waals surface area contributed by atoms with Crippen LogP contribution >= 0.6 is 23.2 Å². The standard InChI is InChI=1S/C9H10Cl2.C2H6O2/c1-2-4-7-5-3-6-8(10)9(7)11;1-4-2-3/h3,5-6H,2,4H2,1H3;3H,2H2,1H3. The van der Waals surface area contributed by atoms with Crippen LogP contribution in [0.1, 0.15) is 18.9 Å². The number of aryl methyl sites for hydroxylation is 1. The highest BCUT2D eigenvalue weighted by Crippen LogP contribution is 2.26. The summed E-state index contributed by atoms with van der Waals surface area (Å²) in [5.74, 6) is 0. The molecule has 0 amide bonds. The Hall–Kier alpha value is -0.280. The minimum absolute atomic E-state index is 0.181. The first-order chi connectivity index (χ1) is 7.17. The van der Waals surface area contributed by atoms with Crippen LogP contribution in [0.15, 0.2) is 18.2 Å². The molecule has 0 atom stereocenters. The molecule has 86 valence electrons. The molecule has 0 saturated heterocycles. The number of aliphatic hydroxyl groups excluding tert-OH is 1. The Bertz CT molecular complexity index is 275. The Kier molecular flexibility index (Phi) is 8.82. The Labute approximate surface area is 101 Å². The van der Waals surface area contributed by atoms with E-state index in [-0.39, 0.29) is 6.79 Å². The summed E-state index contributed by atoms with van der Waals surface area (Å²) in [7, 11) is 1.43. The van der Waals surface area contributed by atoms with Crippen molar-refractivity contribution in [2.75, 3.05) is 13.9 Å². The summed E-state index contributed by atoms with van der Waals surface area (Å²) >= 11 is 11.8. The predicted molar refractivity (Wildman–Crippen MR) is 64.6 cm³/mol. The third-order valence-electron chi connectivity index (χ3n) is 1.68. The Morgan fingerprint density at radius 3 is 2.40 bits per heavy atom. The molecule has 0 aliphatic heterocycles. The van der Waals surface area contributed by atoms with Crippen LogP contribution in [0.25, 0.3) is 0 Å². The van der Waals surface area contributed by atoms with Crippen molar-refractivity contribution in [2.24, 2.45) is 0 Å². The second-order valence-corrected chi connectivity index (χ2v) is 3.67. The number of halogens is 2. The zero-order valence-electron chi connectivity index (χ0n) is 8.96. The van der Waals surface area contributed by atoms with Gasteiger partial charge in [0.15, 0.2) is 0 Å². The lowest BCUT2D eigenvalue weighted by Gasteiger charge is -2.02. The molecule has 0 spiro atoms. The van der Waals surface area contributed by atoms with E-state index in [0.29, 0.717) is 10.0 Å². The van der Waals surface area contributed by atoms with Gasteiger partial charge in [-0.05, 0) is 18.1 Å². The van der Waals surface area contributed by atoms with Gasteiger partial charge in [-0.2, -0.15) is 0 Å². The predicted octanol–water partition coefficient (Wildman–Crippen LogP) is 3.53. The van der Waals surface area contributed by atoms with E-state index < -0.39 is 0 Å². The third-order valence-corrected chi connectivity index (χ3v) is 2.54. The minimum atomic E-state index is -0.181. The molecule has 1 aromatic carbocycles. The number of hydrogen-bond donors (Lipinski definition) is 1. The second kappa shape index (κ2) is 8.98. The van der Waals surface area contributed by atoms with Gasteiger partial charge in [-0.15, -0.1) is 0 Å². The van der Waals surface area contributed by atoms with Gasteiger partial charge in [0.1, 0.15) is 6.79 Å². The van der Waals surface area contributed by atoms with Crippen LogP contribution in [-0.2, 0) is 11.2 Å². The SMILES string of the molecule is CCCc1cccc(Cl)c1Cl.COCO. The summed E-state index contributed by atoms with van der Waals surface area (Å²) in [6, 6.07) is 5.75. The quantitative estimate of drug-likeness (QED) is 0.833. The van der Waals surface area contributed by atoms with E-state index in [9.17, 15) is 0 Å². The summed E-state index contributed by atoms with van der Waals surface area (Å²) in [6.07, 6.45) is 2.10. The summed E-state index contributed by atoms with van der Waals surface area (Å²) in [6.45, 7) is 1.94. The topological polar surface area (TPSA) is 29.5 Å². The molecule has 0 fully saturated rings. The van der Waals surface area contributed by atoms with E-state index in [2.05, 4.69) is 11.7 Å². The van der Waals surface area contributed by atoms with Crippen LogP contribution in [0.3, 0.4) is 0 Å². The molecule has 15 heavy (non-hydrogen) atoms. The molecule has 1 N–H and O–H groups in total. The van der Waals surface area contributed by atoms with Crippen molar-refractivity contribution in [3.63, 3.8) is 0 Å². The summed E-state index contributed by atoms with van der Waals surface area (Å²) in [5.41, 5.74) is 1.14. The van der Waals surface area contributed by atoms with Gasteiger partial charge in [-0.1, -0.05) is 48.7 Å². The first-order valence-corrected chi connectivity index (χ1v) is 5.45. The first-order valence-electron chi connectivity index (χ1n) is 4.70. The van der Waals surface area contributed by atoms with Crippen LogP contribution in [0.2, 0.25) is 10.0 Å². The number of aliphatic hydroxyl groups is 1. The van der Waals surface area contributed by atoms with Crippen LogP contribution in [-0.4, -0.2) is 19.0 Å². The van der Waals surface area contributed by atoms with Crippen LogP contribution in [0, 0.1) is 0 Å². The Morgan fingerprint density at radius 2 is 1.93 bits per heavy atom. The Morgan fingerprint density at radius 1 is 1.33 bits per heavy atom. The maximum Gasteiger partial charge on any atom is 0.143 e. The van der Waals surface area contributed by atoms with Gasteiger partial charge in [0.2, 0.25) is 0 Å². The second-order valence-electron chi connectivity index (χ2n) is 2.88. The van der Waals surface area contributed by atoms with E-state index in [1.165, 1.54) is 7.11 Å². The molecule has 1 aromatic rings. The van der Waals surface area contributed by atoms with Crippen molar-refractivity contribution in [3.05, 3.63) is 33.8 Å². The van der Waals surface area contributed by atoms with E-state index in [1.54, 1.807) is 0 Å². The fourth-order valence-electron chi connectivity index (χ4n) is 1.01. The fourth-order valence-corrected chi connectivity index (χ4v) is 1.43. The monoisotopic (exact) mass is 250 g/mol. The number of rotatable bonds is 3. The molecule has 0 aliphatic rings.